The van der Waals surface area contributed by atoms with Crippen LogP contribution in [0, 0.1) is 0 Å². The molecule has 2 N–H and O–H groups in total. The molecule has 0 radical (unpaired) electrons. The van der Waals surface area contributed by atoms with Crippen LogP contribution in [0.1, 0.15) is 12.0 Å². The molecule has 0 saturated carbocycles. The first-order chi connectivity index (χ1) is 11.7. The summed E-state index contributed by atoms with van der Waals surface area (Å²) in [5, 5.41) is 11.9. The Bertz CT molecular complexity index is 760. The van der Waals surface area contributed by atoms with Gasteiger partial charge in [0.2, 0.25) is 5.91 Å². The highest BCUT2D eigenvalue weighted by molar-refractivity contribution is 5.99. The molecule has 0 atom stereocenters. The van der Waals surface area contributed by atoms with Crippen molar-refractivity contribution in [3.63, 3.8) is 0 Å². The molecule has 0 aromatic heterocycles. The Morgan fingerprint density at radius 2 is 2.04 bits per heavy atom. The lowest BCUT2D eigenvalue weighted by molar-refractivity contribution is -0.121. The van der Waals surface area contributed by atoms with Crippen LogP contribution in [-0.4, -0.2) is 30.1 Å². The van der Waals surface area contributed by atoms with Crippen LogP contribution in [0.2, 0.25) is 0 Å². The van der Waals surface area contributed by atoms with Crippen LogP contribution in [-0.2, 0) is 16.2 Å². The largest absolute Gasteiger partial charge is 0.482 e. The van der Waals surface area contributed by atoms with Gasteiger partial charge in [0.05, 0.1) is 12.3 Å². The maximum absolute atomic E-state index is 12.1. The highest BCUT2D eigenvalue weighted by atomic mass is 16.5. The molecular weight excluding hydrogens is 308 g/mol. The normalized spacial score (nSPS) is 13.2. The third-order valence-electron chi connectivity index (χ3n) is 3.76. The summed E-state index contributed by atoms with van der Waals surface area (Å²) in [5.41, 5.74) is 2.04. The lowest BCUT2D eigenvalue weighted by Gasteiger charge is -2.29. The van der Waals surface area contributed by atoms with Crippen LogP contribution < -0.4 is 15.0 Å². The molecule has 6 heteroatoms. The fourth-order valence-corrected chi connectivity index (χ4v) is 2.58. The van der Waals surface area contributed by atoms with E-state index in [1.54, 1.807) is 41.3 Å². The van der Waals surface area contributed by atoms with E-state index in [9.17, 15) is 9.59 Å². The van der Waals surface area contributed by atoms with E-state index in [0.717, 1.165) is 5.56 Å². The minimum Gasteiger partial charge on any atom is -0.482 e. The summed E-state index contributed by atoms with van der Waals surface area (Å²) < 4.78 is 5.38. The van der Waals surface area contributed by atoms with Crippen molar-refractivity contribution in [2.75, 3.05) is 23.4 Å². The van der Waals surface area contributed by atoms with Gasteiger partial charge in [-0.2, -0.15) is 0 Å². The first-order valence-corrected chi connectivity index (χ1v) is 7.69. The summed E-state index contributed by atoms with van der Waals surface area (Å²) in [7, 11) is 0. The monoisotopic (exact) mass is 326 g/mol. The van der Waals surface area contributed by atoms with Crippen LogP contribution in [0.5, 0.6) is 5.75 Å². The summed E-state index contributed by atoms with van der Waals surface area (Å²) in [5.74, 6) is 0.291. The maximum atomic E-state index is 12.1. The predicted molar refractivity (Wildman–Crippen MR) is 89.9 cm³/mol. The summed E-state index contributed by atoms with van der Waals surface area (Å²) in [6.07, 6.45) is 0.170. The molecule has 3 rings (SSSR count). The Hall–Kier alpha value is -2.86. The van der Waals surface area contributed by atoms with Crippen LogP contribution in [0.3, 0.4) is 0 Å². The quantitative estimate of drug-likeness (QED) is 0.880. The van der Waals surface area contributed by atoms with Crippen molar-refractivity contribution in [3.8, 4) is 5.75 Å². The number of amides is 2. The fourth-order valence-electron chi connectivity index (χ4n) is 2.58. The number of hydrogen-bond acceptors (Lipinski definition) is 4. The summed E-state index contributed by atoms with van der Waals surface area (Å²) >= 11 is 0. The molecule has 124 valence electrons. The molecule has 0 spiro atoms. The van der Waals surface area contributed by atoms with E-state index in [1.165, 1.54) is 0 Å². The van der Waals surface area contributed by atoms with E-state index < -0.39 is 0 Å². The highest BCUT2D eigenvalue weighted by Crippen LogP contribution is 2.31. The van der Waals surface area contributed by atoms with Crippen molar-refractivity contribution in [2.45, 2.75) is 13.0 Å². The van der Waals surface area contributed by atoms with Crippen molar-refractivity contribution in [3.05, 3.63) is 54.1 Å². The van der Waals surface area contributed by atoms with Crippen LogP contribution in [0.4, 0.5) is 11.4 Å². The smallest absolute Gasteiger partial charge is 0.265 e. The van der Waals surface area contributed by atoms with Crippen LogP contribution >= 0.6 is 0 Å². The SMILES string of the molecule is O=C(CCN1C(=O)COc2ccccc21)Nc1cccc(CO)c1. The van der Waals surface area contributed by atoms with Gasteiger partial charge in [-0.3, -0.25) is 9.59 Å². The fraction of sp³-hybridized carbons (Fsp3) is 0.222. The number of anilines is 2. The first-order valence-electron chi connectivity index (χ1n) is 7.69. The Morgan fingerprint density at radius 3 is 2.88 bits per heavy atom. The molecule has 2 aromatic carbocycles. The third-order valence-corrected chi connectivity index (χ3v) is 3.76. The highest BCUT2D eigenvalue weighted by Gasteiger charge is 2.25. The molecule has 1 heterocycles. The van der Waals surface area contributed by atoms with Gasteiger partial charge in [-0.05, 0) is 29.8 Å². The van der Waals surface area contributed by atoms with Crippen molar-refractivity contribution in [2.24, 2.45) is 0 Å². The number of aliphatic hydroxyl groups excluding tert-OH is 1. The number of rotatable bonds is 5. The zero-order chi connectivity index (χ0) is 16.9. The van der Waals surface area contributed by atoms with E-state index in [-0.39, 0.29) is 38.0 Å². The number of ether oxygens (including phenoxy) is 1. The van der Waals surface area contributed by atoms with Gasteiger partial charge in [-0.15, -0.1) is 0 Å². The lowest BCUT2D eigenvalue weighted by atomic mass is 10.2. The van der Waals surface area contributed by atoms with Gasteiger partial charge in [0.1, 0.15) is 5.75 Å². The van der Waals surface area contributed by atoms with Gasteiger partial charge >= 0.3 is 0 Å². The number of benzene rings is 2. The van der Waals surface area contributed by atoms with E-state index in [1.807, 2.05) is 12.1 Å². The van der Waals surface area contributed by atoms with Gasteiger partial charge in [0.15, 0.2) is 6.61 Å². The maximum Gasteiger partial charge on any atom is 0.265 e. The topological polar surface area (TPSA) is 78.9 Å². The summed E-state index contributed by atoms with van der Waals surface area (Å²) in [6, 6.07) is 14.3. The predicted octanol–water partition coefficient (Wildman–Crippen LogP) is 1.93. The molecular formula is C18H18N2O4. The lowest BCUT2D eigenvalue weighted by Crippen LogP contribution is -2.40. The molecule has 2 aromatic rings. The molecule has 1 aliphatic heterocycles. The van der Waals surface area contributed by atoms with E-state index in [0.29, 0.717) is 17.1 Å². The van der Waals surface area contributed by atoms with Gasteiger partial charge < -0.3 is 20.1 Å². The summed E-state index contributed by atoms with van der Waals surface area (Å²) in [6.45, 7) is 0.185. The van der Waals surface area contributed by atoms with Gasteiger partial charge in [0.25, 0.3) is 5.91 Å². The number of para-hydroxylation sites is 2. The van der Waals surface area contributed by atoms with Crippen molar-refractivity contribution >= 4 is 23.2 Å². The number of hydrogen-bond donors (Lipinski definition) is 2. The molecule has 1 aliphatic rings. The molecule has 0 aliphatic carbocycles. The minimum atomic E-state index is -0.193. The zero-order valence-corrected chi connectivity index (χ0v) is 13.1. The molecule has 0 unspecified atom stereocenters. The van der Waals surface area contributed by atoms with Gasteiger partial charge in [0, 0.05) is 18.7 Å². The second kappa shape index (κ2) is 7.14. The van der Waals surface area contributed by atoms with Crippen LogP contribution in [0.15, 0.2) is 48.5 Å². The van der Waals surface area contributed by atoms with Gasteiger partial charge in [-0.25, -0.2) is 0 Å². The molecule has 0 saturated heterocycles. The zero-order valence-electron chi connectivity index (χ0n) is 13.1. The Balaban J connectivity index is 1.63. The Kier molecular flexibility index (Phi) is 4.77. The third kappa shape index (κ3) is 3.55. The second-order valence-electron chi connectivity index (χ2n) is 5.46. The van der Waals surface area contributed by atoms with Crippen molar-refractivity contribution in [1.29, 1.82) is 0 Å². The van der Waals surface area contributed by atoms with E-state index >= 15 is 0 Å². The average molecular weight is 326 g/mol. The Labute approximate surface area is 139 Å². The molecule has 24 heavy (non-hydrogen) atoms. The van der Waals surface area contributed by atoms with Crippen molar-refractivity contribution in [1.82, 2.24) is 0 Å². The minimum absolute atomic E-state index is 0.0167. The van der Waals surface area contributed by atoms with Crippen LogP contribution in [0.25, 0.3) is 0 Å². The Morgan fingerprint density at radius 1 is 1.21 bits per heavy atom. The number of nitrogens with zero attached hydrogens (tertiary/aromatic N) is 1. The number of carbonyl (C=O) groups excluding carboxylic acids is 2. The standard InChI is InChI=1S/C18H18N2O4/c21-11-13-4-3-5-14(10-13)19-17(22)8-9-20-15-6-1-2-7-16(15)24-12-18(20)23/h1-7,10,21H,8-9,11-12H2,(H,19,22). The second-order valence-corrected chi connectivity index (χ2v) is 5.46. The number of nitrogens with one attached hydrogen (secondary N) is 1. The molecule has 2 amide bonds. The first kappa shape index (κ1) is 16.0. The average Bonchev–Trinajstić information content (AvgIpc) is 2.61. The number of carbonyl (C=O) groups is 2. The van der Waals surface area contributed by atoms with E-state index in [2.05, 4.69) is 5.32 Å². The summed E-state index contributed by atoms with van der Waals surface area (Å²) in [4.78, 5) is 25.8. The number of fused-ring (bicyclic) bond motifs is 1. The van der Waals surface area contributed by atoms with Crippen molar-refractivity contribution < 1.29 is 19.4 Å². The molecule has 6 nitrogen and oxygen atoms in total. The van der Waals surface area contributed by atoms with E-state index in [4.69, 9.17) is 9.84 Å². The van der Waals surface area contributed by atoms with Gasteiger partial charge in [-0.1, -0.05) is 24.3 Å². The number of aliphatic hydroxyl groups is 1. The molecule has 0 fully saturated rings. The molecule has 0 bridgehead atoms.